The van der Waals surface area contributed by atoms with Crippen LogP contribution in [0.25, 0.3) is 0 Å². The minimum atomic E-state index is -0.622. The van der Waals surface area contributed by atoms with Gasteiger partial charge in [0.2, 0.25) is 5.91 Å². The molecule has 1 saturated heterocycles. The van der Waals surface area contributed by atoms with Gasteiger partial charge < -0.3 is 5.32 Å². The number of amides is 2. The normalized spacial score (nSPS) is 16.7. The fraction of sp³-hybridized carbons (Fsp3) is 0.115. The van der Waals surface area contributed by atoms with Gasteiger partial charge >= 0.3 is 0 Å². The molecule has 0 spiro atoms. The first-order valence-electron chi connectivity index (χ1n) is 10.5. The number of hydrogen-bond acceptors (Lipinski definition) is 4. The Balaban J connectivity index is 1.73. The highest BCUT2D eigenvalue weighted by Crippen LogP contribution is 2.42. The van der Waals surface area contributed by atoms with E-state index in [9.17, 15) is 14.9 Å². The molecule has 176 valence electrons. The Morgan fingerprint density at radius 3 is 2.34 bits per heavy atom. The van der Waals surface area contributed by atoms with Crippen LogP contribution in [0.4, 0.5) is 11.4 Å². The molecular weight excluding hydrogens is 525 g/mol. The van der Waals surface area contributed by atoms with Gasteiger partial charge in [0.25, 0.3) is 5.91 Å². The molecule has 1 aliphatic rings. The summed E-state index contributed by atoms with van der Waals surface area (Å²) in [4.78, 5) is 28.1. The van der Waals surface area contributed by atoms with Crippen LogP contribution in [0.5, 0.6) is 0 Å². The Bertz CT molecular complexity index is 1370. The quantitative estimate of drug-likeness (QED) is 0.278. The second-order valence-electron chi connectivity index (χ2n) is 7.81. The lowest BCUT2D eigenvalue weighted by Crippen LogP contribution is -2.31. The SMILES string of the molecule is Cc1ccc(N2C(=O)C(Cc3cc(Cl)ccc3Cl)SC2=C(C#N)C(=O)Nc2ccc(Cl)cc2)cc1. The van der Waals surface area contributed by atoms with Crippen LogP contribution in [0.1, 0.15) is 11.1 Å². The van der Waals surface area contributed by atoms with Gasteiger partial charge in [0.15, 0.2) is 0 Å². The van der Waals surface area contributed by atoms with Crippen LogP contribution < -0.4 is 10.2 Å². The van der Waals surface area contributed by atoms with E-state index in [-0.39, 0.29) is 22.9 Å². The van der Waals surface area contributed by atoms with Crippen LogP contribution in [0.3, 0.4) is 0 Å². The van der Waals surface area contributed by atoms with Crippen molar-refractivity contribution in [2.45, 2.75) is 18.6 Å². The van der Waals surface area contributed by atoms with Gasteiger partial charge in [-0.15, -0.1) is 0 Å². The van der Waals surface area contributed by atoms with Gasteiger partial charge in [0.1, 0.15) is 16.7 Å². The van der Waals surface area contributed by atoms with Crippen LogP contribution >= 0.6 is 46.6 Å². The molecule has 3 aromatic carbocycles. The molecule has 2 amide bonds. The summed E-state index contributed by atoms with van der Waals surface area (Å²) in [6.45, 7) is 1.94. The largest absolute Gasteiger partial charge is 0.321 e. The molecule has 0 saturated carbocycles. The number of anilines is 2. The van der Waals surface area contributed by atoms with Gasteiger partial charge in [-0.1, -0.05) is 64.3 Å². The number of halogens is 3. The van der Waals surface area contributed by atoms with Crippen LogP contribution in [-0.4, -0.2) is 17.1 Å². The first-order valence-corrected chi connectivity index (χ1v) is 12.5. The minimum absolute atomic E-state index is 0.168. The Kier molecular flexibility index (Phi) is 7.73. The lowest BCUT2D eigenvalue weighted by atomic mass is 10.1. The second-order valence-corrected chi connectivity index (χ2v) is 10.3. The summed E-state index contributed by atoms with van der Waals surface area (Å²) in [5.74, 6) is -0.874. The third-order valence-corrected chi connectivity index (χ3v) is 7.43. The fourth-order valence-electron chi connectivity index (χ4n) is 3.54. The number of hydrogen-bond donors (Lipinski definition) is 1. The number of carbonyl (C=O) groups is 2. The number of rotatable bonds is 5. The molecule has 0 aliphatic carbocycles. The molecule has 1 fully saturated rings. The molecule has 4 rings (SSSR count). The molecule has 35 heavy (non-hydrogen) atoms. The highest BCUT2D eigenvalue weighted by Gasteiger charge is 2.41. The zero-order valence-electron chi connectivity index (χ0n) is 18.4. The smallest absolute Gasteiger partial charge is 0.269 e. The van der Waals surface area contributed by atoms with Crippen molar-refractivity contribution >= 4 is 69.8 Å². The summed E-state index contributed by atoms with van der Waals surface area (Å²) in [5.41, 5.74) is 2.60. The molecule has 3 aromatic rings. The van der Waals surface area contributed by atoms with Crippen molar-refractivity contribution in [1.29, 1.82) is 5.26 Å². The number of nitrogens with one attached hydrogen (secondary N) is 1. The van der Waals surface area contributed by atoms with Gasteiger partial charge in [-0.3, -0.25) is 14.5 Å². The lowest BCUT2D eigenvalue weighted by Gasteiger charge is -2.19. The molecule has 9 heteroatoms. The number of nitriles is 1. The van der Waals surface area contributed by atoms with Crippen LogP contribution in [0.15, 0.2) is 77.3 Å². The standard InChI is InChI=1S/C26H18Cl3N3O2S/c1-15-2-9-20(10-3-15)32-25(34)23(13-16-12-18(28)6-11-22(16)29)35-26(32)21(14-30)24(33)31-19-7-4-17(27)5-8-19/h2-12,23H,13H2,1H3,(H,31,33). The Labute approximate surface area is 222 Å². The zero-order valence-corrected chi connectivity index (χ0v) is 21.5. The maximum absolute atomic E-state index is 13.6. The van der Waals surface area contributed by atoms with E-state index in [0.29, 0.717) is 32.0 Å². The Morgan fingerprint density at radius 1 is 1.03 bits per heavy atom. The fourth-order valence-corrected chi connectivity index (χ4v) is 5.35. The van der Waals surface area contributed by atoms with E-state index in [1.165, 1.54) is 4.90 Å². The molecule has 1 heterocycles. The molecular formula is C26H18Cl3N3O2S. The van der Waals surface area contributed by atoms with Crippen molar-refractivity contribution in [2.75, 3.05) is 10.2 Å². The van der Waals surface area contributed by atoms with E-state index < -0.39 is 11.2 Å². The molecule has 5 nitrogen and oxygen atoms in total. The van der Waals surface area contributed by atoms with Crippen molar-refractivity contribution in [3.8, 4) is 6.07 Å². The molecule has 0 bridgehead atoms. The Hall–Kier alpha value is -2.95. The Morgan fingerprint density at radius 2 is 1.69 bits per heavy atom. The van der Waals surface area contributed by atoms with E-state index in [2.05, 4.69) is 5.32 Å². The lowest BCUT2D eigenvalue weighted by molar-refractivity contribution is -0.117. The molecule has 0 aromatic heterocycles. The zero-order chi connectivity index (χ0) is 25.1. The highest BCUT2D eigenvalue weighted by molar-refractivity contribution is 8.05. The van der Waals surface area contributed by atoms with Gasteiger partial charge in [-0.25, -0.2) is 0 Å². The topological polar surface area (TPSA) is 73.2 Å². The highest BCUT2D eigenvalue weighted by atomic mass is 35.5. The van der Waals surface area contributed by atoms with E-state index in [4.69, 9.17) is 34.8 Å². The van der Waals surface area contributed by atoms with Crippen molar-refractivity contribution in [1.82, 2.24) is 0 Å². The van der Waals surface area contributed by atoms with E-state index >= 15 is 0 Å². The number of aryl methyl sites for hydroxylation is 1. The summed E-state index contributed by atoms with van der Waals surface area (Å²) < 4.78 is 0. The minimum Gasteiger partial charge on any atom is -0.321 e. The number of carbonyl (C=O) groups excluding carboxylic acids is 2. The van der Waals surface area contributed by atoms with E-state index in [1.54, 1.807) is 54.6 Å². The van der Waals surface area contributed by atoms with Crippen molar-refractivity contribution in [3.63, 3.8) is 0 Å². The number of benzene rings is 3. The summed E-state index contributed by atoms with van der Waals surface area (Å²) >= 11 is 19.6. The van der Waals surface area contributed by atoms with Gasteiger partial charge in [0.05, 0.1) is 5.25 Å². The first kappa shape index (κ1) is 25.2. The van der Waals surface area contributed by atoms with Crippen LogP contribution in [0, 0.1) is 18.3 Å². The van der Waals surface area contributed by atoms with Gasteiger partial charge in [-0.05, 0) is 73.5 Å². The summed E-state index contributed by atoms with van der Waals surface area (Å²) in [6.07, 6.45) is 0.284. The van der Waals surface area contributed by atoms with Crippen molar-refractivity contribution in [3.05, 3.63) is 104 Å². The third kappa shape index (κ3) is 5.66. The average molecular weight is 543 g/mol. The maximum atomic E-state index is 13.6. The molecule has 1 atom stereocenters. The first-order chi connectivity index (χ1) is 16.8. The summed E-state index contributed by atoms with van der Waals surface area (Å²) in [6, 6.07) is 20.9. The van der Waals surface area contributed by atoms with E-state index in [1.807, 2.05) is 25.1 Å². The van der Waals surface area contributed by atoms with Gasteiger partial charge in [-0.2, -0.15) is 5.26 Å². The number of nitrogens with zero attached hydrogens (tertiary/aromatic N) is 2. The van der Waals surface area contributed by atoms with Crippen molar-refractivity contribution < 1.29 is 9.59 Å². The third-order valence-electron chi connectivity index (χ3n) is 5.31. The molecule has 1 N–H and O–H groups in total. The average Bonchev–Trinajstić information content (AvgIpc) is 3.14. The second kappa shape index (κ2) is 10.8. The maximum Gasteiger partial charge on any atom is 0.269 e. The monoisotopic (exact) mass is 541 g/mol. The van der Waals surface area contributed by atoms with Crippen LogP contribution in [-0.2, 0) is 16.0 Å². The van der Waals surface area contributed by atoms with Crippen LogP contribution in [0.2, 0.25) is 15.1 Å². The number of thioether (sulfide) groups is 1. The predicted octanol–water partition coefficient (Wildman–Crippen LogP) is 7.02. The van der Waals surface area contributed by atoms with Gasteiger partial charge in [0, 0.05) is 26.4 Å². The molecule has 1 unspecified atom stereocenters. The summed E-state index contributed by atoms with van der Waals surface area (Å²) in [5, 5.41) is 13.8. The molecule has 0 radical (unpaired) electrons. The molecule has 1 aliphatic heterocycles. The predicted molar refractivity (Wildman–Crippen MR) is 143 cm³/mol. The summed E-state index contributed by atoms with van der Waals surface area (Å²) in [7, 11) is 0. The van der Waals surface area contributed by atoms with Crippen molar-refractivity contribution in [2.24, 2.45) is 0 Å². The van der Waals surface area contributed by atoms with E-state index in [0.717, 1.165) is 17.3 Å².